The van der Waals surface area contributed by atoms with Gasteiger partial charge in [0, 0.05) is 11.1 Å². The van der Waals surface area contributed by atoms with Crippen LogP contribution in [0.4, 0.5) is 5.69 Å². The Morgan fingerprint density at radius 2 is 1.53 bits per heavy atom. The van der Waals surface area contributed by atoms with E-state index in [4.69, 9.17) is 5.73 Å². The monoisotopic (exact) mass is 255 g/mol. The Bertz CT molecular complexity index is 588. The van der Waals surface area contributed by atoms with Crippen molar-refractivity contribution in [3.63, 3.8) is 0 Å². The molecule has 2 rings (SSSR count). The predicted octanol–water partition coefficient (Wildman–Crippen LogP) is 5.14. The third-order valence-electron chi connectivity index (χ3n) is 3.67. The van der Waals surface area contributed by atoms with Crippen LogP contribution in [-0.4, -0.2) is 0 Å². The van der Waals surface area contributed by atoms with Gasteiger partial charge in [-0.2, -0.15) is 0 Å². The highest BCUT2D eigenvalue weighted by molar-refractivity contribution is 5.94. The van der Waals surface area contributed by atoms with Crippen LogP contribution in [0.25, 0.3) is 10.8 Å². The Morgan fingerprint density at radius 3 is 2.16 bits per heavy atom. The van der Waals surface area contributed by atoms with Crippen molar-refractivity contribution in [3.05, 3.63) is 42.0 Å². The second kappa shape index (κ2) is 4.56. The summed E-state index contributed by atoms with van der Waals surface area (Å²) in [5, 5.41) is 2.39. The summed E-state index contributed by atoms with van der Waals surface area (Å²) in [4.78, 5) is 0. The first-order valence-electron chi connectivity index (χ1n) is 6.98. The number of nitrogens with two attached hydrogens (primary N) is 1. The van der Waals surface area contributed by atoms with Crippen molar-refractivity contribution >= 4 is 16.5 Å². The van der Waals surface area contributed by atoms with Gasteiger partial charge in [-0.1, -0.05) is 71.0 Å². The van der Waals surface area contributed by atoms with E-state index in [-0.39, 0.29) is 5.41 Å². The van der Waals surface area contributed by atoms with Gasteiger partial charge in [-0.3, -0.25) is 0 Å². The summed E-state index contributed by atoms with van der Waals surface area (Å²) in [6.07, 6.45) is 1.11. The molecular formula is C18H25N. The van der Waals surface area contributed by atoms with Crippen molar-refractivity contribution in [2.45, 2.75) is 46.5 Å². The van der Waals surface area contributed by atoms with Gasteiger partial charge >= 0.3 is 0 Å². The summed E-state index contributed by atoms with van der Waals surface area (Å²) in [6.45, 7) is 11.4. The number of hydrogen-bond acceptors (Lipinski definition) is 1. The molecule has 19 heavy (non-hydrogen) atoms. The van der Waals surface area contributed by atoms with Gasteiger partial charge < -0.3 is 5.73 Å². The van der Waals surface area contributed by atoms with Crippen LogP contribution < -0.4 is 5.73 Å². The highest BCUT2D eigenvalue weighted by Crippen LogP contribution is 2.40. The molecule has 102 valence electrons. The minimum absolute atomic E-state index is 0.0896. The van der Waals surface area contributed by atoms with Gasteiger partial charge in [0.25, 0.3) is 0 Å². The van der Waals surface area contributed by atoms with E-state index in [9.17, 15) is 0 Å². The summed E-state index contributed by atoms with van der Waals surface area (Å²) in [5.74, 6) is 0. The molecule has 0 radical (unpaired) electrons. The molecule has 2 aromatic rings. The first kappa shape index (κ1) is 13.9. The lowest BCUT2D eigenvalue weighted by Crippen LogP contribution is -2.25. The van der Waals surface area contributed by atoms with Gasteiger partial charge in [-0.05, 0) is 28.2 Å². The summed E-state index contributed by atoms with van der Waals surface area (Å²) >= 11 is 0. The van der Waals surface area contributed by atoms with Crippen molar-refractivity contribution in [1.82, 2.24) is 0 Å². The van der Waals surface area contributed by atoms with Crippen molar-refractivity contribution < 1.29 is 0 Å². The summed E-state index contributed by atoms with van der Waals surface area (Å²) in [6, 6.07) is 12.7. The Labute approximate surface area is 116 Å². The fourth-order valence-electron chi connectivity index (χ4n) is 3.31. The molecule has 0 spiro atoms. The average molecular weight is 255 g/mol. The fourth-order valence-corrected chi connectivity index (χ4v) is 3.31. The number of benzene rings is 2. The quantitative estimate of drug-likeness (QED) is 0.739. The maximum atomic E-state index is 6.42. The van der Waals surface area contributed by atoms with E-state index in [1.165, 1.54) is 16.3 Å². The van der Waals surface area contributed by atoms with Crippen molar-refractivity contribution in [2.75, 3.05) is 5.73 Å². The molecule has 1 heteroatoms. The lowest BCUT2D eigenvalue weighted by atomic mass is 9.71. The number of hydrogen-bond donors (Lipinski definition) is 1. The molecule has 0 saturated heterocycles. The second-order valence-corrected chi connectivity index (χ2v) is 7.37. The van der Waals surface area contributed by atoms with Crippen molar-refractivity contribution in [1.29, 1.82) is 0 Å². The fraction of sp³-hybridized carbons (Fsp3) is 0.444. The number of rotatable bonds is 2. The molecule has 0 heterocycles. The molecule has 0 amide bonds. The zero-order chi connectivity index (χ0) is 14.3. The van der Waals surface area contributed by atoms with E-state index < -0.39 is 0 Å². The van der Waals surface area contributed by atoms with Crippen LogP contribution in [0.5, 0.6) is 0 Å². The van der Waals surface area contributed by atoms with Crippen molar-refractivity contribution in [3.8, 4) is 0 Å². The van der Waals surface area contributed by atoms with Gasteiger partial charge in [0.15, 0.2) is 0 Å². The van der Waals surface area contributed by atoms with E-state index in [1.54, 1.807) is 0 Å². The predicted molar refractivity (Wildman–Crippen MR) is 85.5 cm³/mol. The molecule has 0 aromatic heterocycles. The topological polar surface area (TPSA) is 26.0 Å². The molecule has 0 atom stereocenters. The third-order valence-corrected chi connectivity index (χ3v) is 3.67. The maximum absolute atomic E-state index is 6.42. The van der Waals surface area contributed by atoms with E-state index in [0.29, 0.717) is 5.41 Å². The van der Waals surface area contributed by atoms with Crippen LogP contribution in [0.15, 0.2) is 36.4 Å². The Kier molecular flexibility index (Phi) is 3.34. The lowest BCUT2D eigenvalue weighted by molar-refractivity contribution is 0.285. The Balaban J connectivity index is 2.54. The normalized spacial score (nSPS) is 12.9. The minimum Gasteiger partial charge on any atom is -0.398 e. The van der Waals surface area contributed by atoms with Gasteiger partial charge in [0.05, 0.1) is 0 Å². The zero-order valence-electron chi connectivity index (χ0n) is 12.7. The second-order valence-electron chi connectivity index (χ2n) is 7.37. The van der Waals surface area contributed by atoms with Gasteiger partial charge in [0.1, 0.15) is 0 Å². The highest BCUT2D eigenvalue weighted by Gasteiger charge is 2.29. The standard InChI is InChI=1S/C18H25N/c1-17(2,3)12-18(4,5)15-11-10-13-8-6-7-9-14(13)16(15)19/h6-11H,12,19H2,1-5H3. The first-order valence-corrected chi connectivity index (χ1v) is 6.98. The zero-order valence-corrected chi connectivity index (χ0v) is 12.7. The largest absolute Gasteiger partial charge is 0.398 e. The van der Waals surface area contributed by atoms with Crippen molar-refractivity contribution in [2.24, 2.45) is 5.41 Å². The number of fused-ring (bicyclic) bond motifs is 1. The molecule has 2 aromatic carbocycles. The molecule has 1 nitrogen and oxygen atoms in total. The molecule has 0 unspecified atom stereocenters. The van der Waals surface area contributed by atoms with Gasteiger partial charge in [-0.25, -0.2) is 0 Å². The van der Waals surface area contributed by atoms with Gasteiger partial charge in [0.2, 0.25) is 0 Å². The van der Waals surface area contributed by atoms with E-state index in [0.717, 1.165) is 12.1 Å². The smallest absolute Gasteiger partial charge is 0.0431 e. The lowest BCUT2D eigenvalue weighted by Gasteiger charge is -2.34. The SMILES string of the molecule is CC(C)(C)CC(C)(C)c1ccc2ccccc2c1N. The maximum Gasteiger partial charge on any atom is 0.0431 e. The average Bonchev–Trinajstić information content (AvgIpc) is 2.26. The summed E-state index contributed by atoms with van der Waals surface area (Å²) < 4.78 is 0. The van der Waals surface area contributed by atoms with Crippen LogP contribution in [0.2, 0.25) is 0 Å². The molecule has 0 fully saturated rings. The number of anilines is 1. The molecular weight excluding hydrogens is 230 g/mol. The third kappa shape index (κ3) is 2.91. The molecule has 0 aliphatic heterocycles. The first-order chi connectivity index (χ1) is 8.71. The van der Waals surface area contributed by atoms with E-state index in [1.807, 2.05) is 0 Å². The molecule has 0 aliphatic rings. The Morgan fingerprint density at radius 1 is 0.895 bits per heavy atom. The van der Waals surface area contributed by atoms with Crippen LogP contribution >= 0.6 is 0 Å². The molecule has 0 aliphatic carbocycles. The van der Waals surface area contributed by atoms with Crippen LogP contribution in [-0.2, 0) is 5.41 Å². The summed E-state index contributed by atoms with van der Waals surface area (Å²) in [5.41, 5.74) is 9.01. The molecule has 0 bridgehead atoms. The highest BCUT2D eigenvalue weighted by atomic mass is 14.6. The van der Waals surface area contributed by atoms with E-state index >= 15 is 0 Å². The van der Waals surface area contributed by atoms with Crippen LogP contribution in [0.3, 0.4) is 0 Å². The number of nitrogen functional groups attached to an aromatic ring is 1. The van der Waals surface area contributed by atoms with Crippen LogP contribution in [0.1, 0.15) is 46.6 Å². The molecule has 2 N–H and O–H groups in total. The Hall–Kier alpha value is -1.50. The molecule has 0 saturated carbocycles. The van der Waals surface area contributed by atoms with Crippen LogP contribution in [0, 0.1) is 5.41 Å². The van der Waals surface area contributed by atoms with E-state index in [2.05, 4.69) is 71.0 Å². The summed E-state index contributed by atoms with van der Waals surface area (Å²) in [7, 11) is 0. The van der Waals surface area contributed by atoms with Gasteiger partial charge in [-0.15, -0.1) is 0 Å². The minimum atomic E-state index is 0.0896.